The summed E-state index contributed by atoms with van der Waals surface area (Å²) in [5, 5.41) is 0. The SMILES string of the molecule is CN1CCCC(N2CCCCC2)c2ccccc21. The maximum absolute atomic E-state index is 2.72. The average molecular weight is 244 g/mol. The lowest BCUT2D eigenvalue weighted by Crippen LogP contribution is -2.33. The number of piperidine rings is 1. The molecule has 2 aliphatic rings. The molecule has 0 saturated carbocycles. The number of nitrogens with zero attached hydrogens (tertiary/aromatic N) is 2. The molecule has 18 heavy (non-hydrogen) atoms. The Morgan fingerprint density at radius 3 is 2.56 bits per heavy atom. The van der Waals surface area contributed by atoms with Crippen LogP contribution in [0.1, 0.15) is 43.7 Å². The van der Waals surface area contributed by atoms with Gasteiger partial charge in [0.1, 0.15) is 0 Å². The highest BCUT2D eigenvalue weighted by Crippen LogP contribution is 2.36. The van der Waals surface area contributed by atoms with Crippen LogP contribution in [-0.4, -0.2) is 31.6 Å². The third kappa shape index (κ3) is 2.26. The lowest BCUT2D eigenvalue weighted by Gasteiger charge is -2.35. The molecular formula is C16H24N2. The summed E-state index contributed by atoms with van der Waals surface area (Å²) in [5.41, 5.74) is 3.00. The minimum atomic E-state index is 0.659. The number of benzene rings is 1. The highest BCUT2D eigenvalue weighted by atomic mass is 15.2. The summed E-state index contributed by atoms with van der Waals surface area (Å²) in [7, 11) is 2.23. The van der Waals surface area contributed by atoms with Crippen molar-refractivity contribution >= 4 is 5.69 Å². The summed E-state index contributed by atoms with van der Waals surface area (Å²) in [6, 6.07) is 9.67. The van der Waals surface area contributed by atoms with Gasteiger partial charge >= 0.3 is 0 Å². The standard InChI is InChI=1S/C16H24N2/c1-17-11-7-10-16(18-12-5-2-6-13-18)14-8-3-4-9-15(14)17/h3-4,8-9,16H,2,5-7,10-13H2,1H3. The van der Waals surface area contributed by atoms with Gasteiger partial charge in [-0.05, 0) is 50.4 Å². The van der Waals surface area contributed by atoms with E-state index in [1.54, 1.807) is 5.56 Å². The Kier molecular flexibility index (Phi) is 3.55. The van der Waals surface area contributed by atoms with Gasteiger partial charge in [0.05, 0.1) is 0 Å². The molecule has 1 aromatic carbocycles. The fraction of sp³-hybridized carbons (Fsp3) is 0.625. The van der Waals surface area contributed by atoms with Gasteiger partial charge in [-0.15, -0.1) is 0 Å². The monoisotopic (exact) mass is 244 g/mol. The molecule has 0 aromatic heterocycles. The fourth-order valence-corrected chi connectivity index (χ4v) is 3.52. The third-order valence-electron chi connectivity index (χ3n) is 4.51. The molecule has 1 aromatic rings. The zero-order valence-corrected chi connectivity index (χ0v) is 11.4. The van der Waals surface area contributed by atoms with Crippen molar-refractivity contribution < 1.29 is 0 Å². The van der Waals surface area contributed by atoms with Gasteiger partial charge in [0.25, 0.3) is 0 Å². The average Bonchev–Trinajstić information content (AvgIpc) is 2.60. The van der Waals surface area contributed by atoms with Crippen molar-refractivity contribution in [3.63, 3.8) is 0 Å². The second kappa shape index (κ2) is 5.31. The van der Waals surface area contributed by atoms with E-state index in [1.165, 1.54) is 57.4 Å². The van der Waals surface area contributed by atoms with Crippen molar-refractivity contribution in [2.45, 2.75) is 38.1 Å². The van der Waals surface area contributed by atoms with E-state index >= 15 is 0 Å². The molecule has 3 rings (SSSR count). The Balaban J connectivity index is 1.91. The first-order valence-electron chi connectivity index (χ1n) is 7.40. The highest BCUT2D eigenvalue weighted by Gasteiger charge is 2.26. The lowest BCUT2D eigenvalue weighted by molar-refractivity contribution is 0.156. The molecule has 1 fully saturated rings. The molecule has 0 spiro atoms. The summed E-state index contributed by atoms with van der Waals surface area (Å²) in [4.78, 5) is 5.15. The first kappa shape index (κ1) is 12.0. The first-order chi connectivity index (χ1) is 8.86. The molecule has 2 heteroatoms. The van der Waals surface area contributed by atoms with Crippen LogP contribution in [0.15, 0.2) is 24.3 Å². The molecule has 0 amide bonds. The van der Waals surface area contributed by atoms with Gasteiger partial charge < -0.3 is 4.90 Å². The topological polar surface area (TPSA) is 6.48 Å². The van der Waals surface area contributed by atoms with Crippen molar-refractivity contribution in [1.29, 1.82) is 0 Å². The number of hydrogen-bond acceptors (Lipinski definition) is 2. The summed E-state index contributed by atoms with van der Waals surface area (Å²) >= 11 is 0. The smallest absolute Gasteiger partial charge is 0.0412 e. The minimum Gasteiger partial charge on any atom is -0.374 e. The van der Waals surface area contributed by atoms with Crippen LogP contribution < -0.4 is 4.90 Å². The Morgan fingerprint density at radius 1 is 0.944 bits per heavy atom. The summed E-state index contributed by atoms with van der Waals surface area (Å²) in [6.45, 7) is 3.78. The van der Waals surface area contributed by atoms with E-state index in [0.29, 0.717) is 6.04 Å². The molecule has 1 atom stereocenters. The number of para-hydroxylation sites is 1. The Hall–Kier alpha value is -1.02. The van der Waals surface area contributed by atoms with Crippen molar-refractivity contribution in [3.05, 3.63) is 29.8 Å². The highest BCUT2D eigenvalue weighted by molar-refractivity contribution is 5.55. The molecular weight excluding hydrogens is 220 g/mol. The fourth-order valence-electron chi connectivity index (χ4n) is 3.52. The van der Waals surface area contributed by atoms with Crippen LogP contribution >= 0.6 is 0 Å². The van der Waals surface area contributed by atoms with Crippen LogP contribution in [0.2, 0.25) is 0 Å². The summed E-state index contributed by atoms with van der Waals surface area (Å²) < 4.78 is 0. The van der Waals surface area contributed by atoms with Gasteiger partial charge in [-0.25, -0.2) is 0 Å². The number of likely N-dealkylation sites (tertiary alicyclic amines) is 1. The minimum absolute atomic E-state index is 0.659. The van der Waals surface area contributed by atoms with Crippen LogP contribution in [0, 0.1) is 0 Å². The van der Waals surface area contributed by atoms with Gasteiger partial charge in [0.15, 0.2) is 0 Å². The molecule has 0 radical (unpaired) electrons. The normalized spacial score (nSPS) is 25.6. The zero-order chi connectivity index (χ0) is 12.4. The number of rotatable bonds is 1. The van der Waals surface area contributed by atoms with Crippen molar-refractivity contribution in [2.75, 3.05) is 31.6 Å². The van der Waals surface area contributed by atoms with Gasteiger partial charge in [-0.2, -0.15) is 0 Å². The van der Waals surface area contributed by atoms with Gasteiger partial charge in [-0.3, -0.25) is 4.90 Å². The number of fused-ring (bicyclic) bond motifs is 1. The van der Waals surface area contributed by atoms with E-state index in [0.717, 1.165) is 0 Å². The van der Waals surface area contributed by atoms with Gasteiger partial charge in [-0.1, -0.05) is 24.6 Å². The first-order valence-corrected chi connectivity index (χ1v) is 7.40. The number of anilines is 1. The predicted molar refractivity (Wildman–Crippen MR) is 77.1 cm³/mol. The second-order valence-corrected chi connectivity index (χ2v) is 5.74. The third-order valence-corrected chi connectivity index (χ3v) is 4.51. The van der Waals surface area contributed by atoms with E-state index < -0.39 is 0 Å². The van der Waals surface area contributed by atoms with Crippen LogP contribution in [-0.2, 0) is 0 Å². The maximum atomic E-state index is 2.72. The summed E-state index contributed by atoms with van der Waals surface area (Å²) in [6.07, 6.45) is 6.82. The van der Waals surface area contributed by atoms with Crippen LogP contribution in [0.4, 0.5) is 5.69 Å². The Labute approximate surface area is 111 Å². The summed E-state index contributed by atoms with van der Waals surface area (Å²) in [5.74, 6) is 0. The molecule has 1 saturated heterocycles. The van der Waals surface area contributed by atoms with Crippen molar-refractivity contribution in [3.8, 4) is 0 Å². The molecule has 1 unspecified atom stereocenters. The molecule has 0 aliphatic carbocycles. The quantitative estimate of drug-likeness (QED) is 0.746. The van der Waals surface area contributed by atoms with E-state index in [2.05, 4.69) is 41.1 Å². The van der Waals surface area contributed by atoms with Crippen LogP contribution in [0.5, 0.6) is 0 Å². The van der Waals surface area contributed by atoms with E-state index in [4.69, 9.17) is 0 Å². The van der Waals surface area contributed by atoms with Gasteiger partial charge in [0, 0.05) is 25.3 Å². The molecule has 2 nitrogen and oxygen atoms in total. The molecule has 0 bridgehead atoms. The van der Waals surface area contributed by atoms with E-state index in [-0.39, 0.29) is 0 Å². The maximum Gasteiger partial charge on any atom is 0.0412 e. The van der Waals surface area contributed by atoms with E-state index in [1.807, 2.05) is 0 Å². The lowest BCUT2D eigenvalue weighted by atomic mass is 9.97. The van der Waals surface area contributed by atoms with Gasteiger partial charge in [0.2, 0.25) is 0 Å². The van der Waals surface area contributed by atoms with Crippen molar-refractivity contribution in [2.24, 2.45) is 0 Å². The predicted octanol–water partition coefficient (Wildman–Crippen LogP) is 3.44. The van der Waals surface area contributed by atoms with E-state index in [9.17, 15) is 0 Å². The Bertz CT molecular complexity index is 396. The molecule has 2 aliphatic heterocycles. The Morgan fingerprint density at radius 2 is 1.72 bits per heavy atom. The number of hydrogen-bond donors (Lipinski definition) is 0. The molecule has 0 N–H and O–H groups in total. The van der Waals surface area contributed by atoms with Crippen LogP contribution in [0.25, 0.3) is 0 Å². The molecule has 98 valence electrons. The van der Waals surface area contributed by atoms with Crippen molar-refractivity contribution in [1.82, 2.24) is 4.90 Å². The second-order valence-electron chi connectivity index (χ2n) is 5.74. The largest absolute Gasteiger partial charge is 0.374 e. The van der Waals surface area contributed by atoms with Crippen LogP contribution in [0.3, 0.4) is 0 Å². The zero-order valence-electron chi connectivity index (χ0n) is 11.4. The molecule has 2 heterocycles.